The van der Waals surface area contributed by atoms with E-state index in [1.54, 1.807) is 0 Å². The number of ether oxygens (including phenoxy) is 2. The third-order valence-corrected chi connectivity index (χ3v) is 1.42. The van der Waals surface area contributed by atoms with Gasteiger partial charge in [-0.25, -0.2) is 4.79 Å². The van der Waals surface area contributed by atoms with Gasteiger partial charge < -0.3 is 9.47 Å². The van der Waals surface area contributed by atoms with Gasteiger partial charge in [-0.15, -0.1) is 0 Å². The van der Waals surface area contributed by atoms with Crippen LogP contribution < -0.4 is 5.32 Å². The van der Waals surface area contributed by atoms with Gasteiger partial charge in [-0.3, -0.25) is 5.32 Å². The maximum Gasteiger partial charge on any atom is 0.509 e. The second kappa shape index (κ2) is 3.41. The standard InChI is InChI=1S/C6H11NO3/c1-9-6(8)10-5-3-2-4-7-5/h5,7H,2-4H2,1H3. The van der Waals surface area contributed by atoms with Crippen molar-refractivity contribution >= 4 is 6.16 Å². The van der Waals surface area contributed by atoms with Crippen LogP contribution in [-0.2, 0) is 9.47 Å². The lowest BCUT2D eigenvalue weighted by atomic mass is 10.4. The molecule has 4 heteroatoms. The molecule has 0 saturated carbocycles. The van der Waals surface area contributed by atoms with Gasteiger partial charge in [0.1, 0.15) is 0 Å². The van der Waals surface area contributed by atoms with E-state index in [9.17, 15) is 4.79 Å². The molecule has 0 aromatic heterocycles. The minimum atomic E-state index is -0.612. The highest BCUT2D eigenvalue weighted by molar-refractivity contribution is 5.59. The van der Waals surface area contributed by atoms with E-state index in [1.807, 2.05) is 0 Å². The van der Waals surface area contributed by atoms with E-state index in [2.05, 4.69) is 10.1 Å². The zero-order valence-corrected chi connectivity index (χ0v) is 5.92. The van der Waals surface area contributed by atoms with Crippen LogP contribution >= 0.6 is 0 Å². The fraction of sp³-hybridized carbons (Fsp3) is 0.833. The summed E-state index contributed by atoms with van der Waals surface area (Å²) in [7, 11) is 1.30. The summed E-state index contributed by atoms with van der Waals surface area (Å²) >= 11 is 0. The summed E-state index contributed by atoms with van der Waals surface area (Å²) in [5, 5.41) is 3.00. The monoisotopic (exact) mass is 145 g/mol. The number of rotatable bonds is 1. The van der Waals surface area contributed by atoms with Crippen LogP contribution in [0.15, 0.2) is 0 Å². The molecule has 58 valence electrons. The van der Waals surface area contributed by atoms with Crippen molar-refractivity contribution in [1.82, 2.24) is 5.32 Å². The van der Waals surface area contributed by atoms with Gasteiger partial charge in [0.25, 0.3) is 0 Å². The predicted molar refractivity (Wildman–Crippen MR) is 34.5 cm³/mol. The Morgan fingerprint density at radius 2 is 2.50 bits per heavy atom. The molecule has 1 aliphatic heterocycles. The molecule has 1 unspecified atom stereocenters. The van der Waals surface area contributed by atoms with E-state index in [0.29, 0.717) is 0 Å². The van der Waals surface area contributed by atoms with Crippen LogP contribution in [0.5, 0.6) is 0 Å². The predicted octanol–water partition coefficient (Wildman–Crippen LogP) is 0.479. The van der Waals surface area contributed by atoms with Crippen LogP contribution in [-0.4, -0.2) is 26.0 Å². The second-order valence-corrected chi connectivity index (χ2v) is 2.16. The van der Waals surface area contributed by atoms with Crippen molar-refractivity contribution in [1.29, 1.82) is 0 Å². The van der Waals surface area contributed by atoms with Crippen LogP contribution in [0.25, 0.3) is 0 Å². The Morgan fingerprint density at radius 3 is 3.00 bits per heavy atom. The van der Waals surface area contributed by atoms with Crippen LogP contribution in [0.4, 0.5) is 4.79 Å². The van der Waals surface area contributed by atoms with Crippen molar-refractivity contribution < 1.29 is 14.3 Å². The highest BCUT2D eigenvalue weighted by atomic mass is 16.7. The Morgan fingerprint density at radius 1 is 1.70 bits per heavy atom. The summed E-state index contributed by atoms with van der Waals surface area (Å²) in [5.74, 6) is 0. The minimum absolute atomic E-state index is 0.132. The van der Waals surface area contributed by atoms with Gasteiger partial charge in [-0.05, 0) is 19.4 Å². The highest BCUT2D eigenvalue weighted by Crippen LogP contribution is 2.06. The molecule has 0 spiro atoms. The Bertz CT molecular complexity index is 120. The van der Waals surface area contributed by atoms with Gasteiger partial charge in [0.2, 0.25) is 0 Å². The van der Waals surface area contributed by atoms with Crippen molar-refractivity contribution in [2.75, 3.05) is 13.7 Å². The maximum absolute atomic E-state index is 10.5. The molecule has 1 atom stereocenters. The first-order valence-corrected chi connectivity index (χ1v) is 3.31. The van der Waals surface area contributed by atoms with E-state index in [1.165, 1.54) is 7.11 Å². The Balaban J connectivity index is 2.17. The van der Waals surface area contributed by atoms with Crippen LogP contribution in [0, 0.1) is 0 Å². The van der Waals surface area contributed by atoms with Gasteiger partial charge in [-0.1, -0.05) is 0 Å². The Labute approximate surface area is 59.5 Å². The molecule has 1 heterocycles. The molecule has 1 N–H and O–H groups in total. The molecular weight excluding hydrogens is 134 g/mol. The van der Waals surface area contributed by atoms with Crippen LogP contribution in [0.3, 0.4) is 0 Å². The summed E-state index contributed by atoms with van der Waals surface area (Å²) in [4.78, 5) is 10.5. The van der Waals surface area contributed by atoms with Crippen molar-refractivity contribution in [2.24, 2.45) is 0 Å². The topological polar surface area (TPSA) is 47.6 Å². The highest BCUT2D eigenvalue weighted by Gasteiger charge is 2.17. The van der Waals surface area contributed by atoms with Gasteiger partial charge in [0.05, 0.1) is 7.11 Å². The SMILES string of the molecule is COC(=O)OC1CCCN1. The van der Waals surface area contributed by atoms with Crippen LogP contribution in [0.2, 0.25) is 0 Å². The van der Waals surface area contributed by atoms with Gasteiger partial charge in [0.15, 0.2) is 6.23 Å². The molecule has 4 nitrogen and oxygen atoms in total. The zero-order valence-electron chi connectivity index (χ0n) is 5.92. The molecule has 0 aromatic carbocycles. The average molecular weight is 145 g/mol. The second-order valence-electron chi connectivity index (χ2n) is 2.16. The summed E-state index contributed by atoms with van der Waals surface area (Å²) in [6, 6.07) is 0. The van der Waals surface area contributed by atoms with Gasteiger partial charge in [-0.2, -0.15) is 0 Å². The number of hydrogen-bond donors (Lipinski definition) is 1. The molecule has 1 fully saturated rings. The zero-order chi connectivity index (χ0) is 7.40. The number of nitrogens with one attached hydrogen (secondary N) is 1. The fourth-order valence-corrected chi connectivity index (χ4v) is 0.917. The van der Waals surface area contributed by atoms with Crippen molar-refractivity contribution in [2.45, 2.75) is 19.1 Å². The molecule has 10 heavy (non-hydrogen) atoms. The molecule has 0 amide bonds. The first-order chi connectivity index (χ1) is 4.83. The molecule has 0 bridgehead atoms. The molecule has 0 aliphatic carbocycles. The van der Waals surface area contributed by atoms with Crippen molar-refractivity contribution in [3.63, 3.8) is 0 Å². The van der Waals surface area contributed by atoms with E-state index in [4.69, 9.17) is 4.74 Å². The summed E-state index contributed by atoms with van der Waals surface area (Å²) in [6.07, 6.45) is 1.20. The van der Waals surface area contributed by atoms with Gasteiger partial charge in [0, 0.05) is 0 Å². The molecule has 0 aromatic rings. The number of carbonyl (C=O) groups is 1. The largest absolute Gasteiger partial charge is 0.509 e. The number of carbonyl (C=O) groups excluding carboxylic acids is 1. The first-order valence-electron chi connectivity index (χ1n) is 3.31. The molecule has 1 rings (SSSR count). The Hall–Kier alpha value is -0.770. The van der Waals surface area contributed by atoms with Crippen LogP contribution in [0.1, 0.15) is 12.8 Å². The number of hydrogen-bond acceptors (Lipinski definition) is 4. The van der Waals surface area contributed by atoms with Gasteiger partial charge >= 0.3 is 6.16 Å². The lowest BCUT2D eigenvalue weighted by molar-refractivity contribution is 0.0316. The fourth-order valence-electron chi connectivity index (χ4n) is 0.917. The smallest absolute Gasteiger partial charge is 0.438 e. The molecule has 1 saturated heterocycles. The first kappa shape index (κ1) is 7.34. The van der Waals surface area contributed by atoms with Crippen molar-refractivity contribution in [3.05, 3.63) is 0 Å². The van der Waals surface area contributed by atoms with E-state index in [0.717, 1.165) is 19.4 Å². The third kappa shape index (κ3) is 1.88. The van der Waals surface area contributed by atoms with E-state index >= 15 is 0 Å². The number of methoxy groups -OCH3 is 1. The lowest BCUT2D eigenvalue weighted by Crippen LogP contribution is -2.27. The summed E-state index contributed by atoms with van der Waals surface area (Å²) in [6.45, 7) is 0.918. The van der Waals surface area contributed by atoms with E-state index in [-0.39, 0.29) is 6.23 Å². The van der Waals surface area contributed by atoms with E-state index < -0.39 is 6.16 Å². The Kier molecular flexibility index (Phi) is 2.50. The third-order valence-electron chi connectivity index (χ3n) is 1.42. The summed E-state index contributed by atoms with van der Waals surface area (Å²) in [5.41, 5.74) is 0. The average Bonchev–Trinajstić information content (AvgIpc) is 2.40. The normalized spacial score (nSPS) is 24.3. The minimum Gasteiger partial charge on any atom is -0.438 e. The lowest BCUT2D eigenvalue weighted by Gasteiger charge is -2.09. The molecular formula is C6H11NO3. The molecule has 1 aliphatic rings. The quantitative estimate of drug-likeness (QED) is 0.545. The maximum atomic E-state index is 10.5. The molecule has 0 radical (unpaired) electrons. The van der Waals surface area contributed by atoms with Crippen molar-refractivity contribution in [3.8, 4) is 0 Å². The summed E-state index contributed by atoms with van der Waals surface area (Å²) < 4.78 is 9.10.